The van der Waals surface area contributed by atoms with Crippen molar-refractivity contribution in [3.05, 3.63) is 18.3 Å². The summed E-state index contributed by atoms with van der Waals surface area (Å²) < 4.78 is 26.2. The first kappa shape index (κ1) is 12.7. The SMILES string of the molecule is CC1CN(S(=O)(=O)c2ccnc(N)c2)CCS1. The van der Waals surface area contributed by atoms with Gasteiger partial charge in [-0.15, -0.1) is 0 Å². The summed E-state index contributed by atoms with van der Waals surface area (Å²) in [5, 5.41) is 0.331. The van der Waals surface area contributed by atoms with Crippen LogP contribution in [0.4, 0.5) is 5.82 Å². The number of rotatable bonds is 2. The Balaban J connectivity index is 2.29. The molecule has 0 aliphatic carbocycles. The first-order valence-electron chi connectivity index (χ1n) is 5.33. The molecule has 0 saturated carbocycles. The van der Waals surface area contributed by atoms with Crippen LogP contribution in [0.3, 0.4) is 0 Å². The maximum atomic E-state index is 12.3. The molecule has 0 aromatic carbocycles. The Labute approximate surface area is 105 Å². The average molecular weight is 273 g/mol. The third kappa shape index (κ3) is 2.72. The van der Waals surface area contributed by atoms with E-state index in [1.807, 2.05) is 6.92 Å². The van der Waals surface area contributed by atoms with Crippen LogP contribution in [0, 0.1) is 0 Å². The van der Waals surface area contributed by atoms with E-state index in [1.54, 1.807) is 11.8 Å². The van der Waals surface area contributed by atoms with Gasteiger partial charge in [-0.1, -0.05) is 6.92 Å². The van der Waals surface area contributed by atoms with Gasteiger partial charge in [0.1, 0.15) is 5.82 Å². The largest absolute Gasteiger partial charge is 0.384 e. The van der Waals surface area contributed by atoms with E-state index in [9.17, 15) is 8.42 Å². The first-order chi connectivity index (χ1) is 8.00. The maximum absolute atomic E-state index is 12.3. The van der Waals surface area contributed by atoms with E-state index >= 15 is 0 Å². The molecule has 1 aromatic rings. The molecule has 2 N–H and O–H groups in total. The summed E-state index contributed by atoms with van der Waals surface area (Å²) in [6, 6.07) is 2.89. The van der Waals surface area contributed by atoms with E-state index in [1.165, 1.54) is 22.6 Å². The Morgan fingerprint density at radius 2 is 2.35 bits per heavy atom. The van der Waals surface area contributed by atoms with Gasteiger partial charge in [0.15, 0.2) is 0 Å². The molecule has 2 rings (SSSR count). The summed E-state index contributed by atoms with van der Waals surface area (Å²) in [4.78, 5) is 4.03. The Hall–Kier alpha value is -0.790. The summed E-state index contributed by atoms with van der Waals surface area (Å²) in [6.07, 6.45) is 1.42. The number of hydrogen-bond donors (Lipinski definition) is 1. The second kappa shape index (κ2) is 4.83. The molecular formula is C10H15N3O2S2. The third-order valence-electron chi connectivity index (χ3n) is 2.59. The molecule has 1 aliphatic rings. The second-order valence-corrected chi connectivity index (χ2v) is 7.45. The third-order valence-corrected chi connectivity index (χ3v) is 5.59. The van der Waals surface area contributed by atoms with Crippen molar-refractivity contribution in [1.82, 2.24) is 9.29 Å². The minimum atomic E-state index is -3.42. The Morgan fingerprint density at radius 3 is 3.00 bits per heavy atom. The van der Waals surface area contributed by atoms with Crippen molar-refractivity contribution in [3.63, 3.8) is 0 Å². The number of anilines is 1. The Bertz CT molecular complexity index is 504. The standard InChI is InChI=1S/C10H15N3O2S2/c1-8-7-13(4-5-16-8)17(14,15)9-2-3-12-10(11)6-9/h2-3,6,8H,4-5,7H2,1H3,(H2,11,12). The van der Waals surface area contributed by atoms with Gasteiger partial charge in [0, 0.05) is 36.4 Å². The van der Waals surface area contributed by atoms with Crippen LogP contribution in [-0.4, -0.2) is 41.8 Å². The lowest BCUT2D eigenvalue weighted by molar-refractivity contribution is 0.424. The topological polar surface area (TPSA) is 76.3 Å². The Morgan fingerprint density at radius 1 is 1.59 bits per heavy atom. The molecule has 1 fully saturated rings. The van der Waals surface area contributed by atoms with Gasteiger partial charge in [0.25, 0.3) is 0 Å². The van der Waals surface area contributed by atoms with Crippen molar-refractivity contribution in [2.24, 2.45) is 0 Å². The normalized spacial score (nSPS) is 22.5. The molecule has 17 heavy (non-hydrogen) atoms. The van der Waals surface area contributed by atoms with Gasteiger partial charge < -0.3 is 5.73 Å². The molecule has 94 valence electrons. The molecule has 1 aromatic heterocycles. The molecule has 0 spiro atoms. The number of hydrogen-bond acceptors (Lipinski definition) is 5. The van der Waals surface area contributed by atoms with E-state index in [0.29, 0.717) is 18.3 Å². The molecule has 1 aliphatic heterocycles. The highest BCUT2D eigenvalue weighted by molar-refractivity contribution is 8.00. The average Bonchev–Trinajstić information content (AvgIpc) is 2.29. The van der Waals surface area contributed by atoms with Gasteiger partial charge in [0.05, 0.1) is 4.90 Å². The lowest BCUT2D eigenvalue weighted by Gasteiger charge is -2.29. The molecule has 0 amide bonds. The molecular weight excluding hydrogens is 258 g/mol. The lowest BCUT2D eigenvalue weighted by Crippen LogP contribution is -2.40. The predicted octanol–water partition coefficient (Wildman–Crippen LogP) is 0.790. The predicted molar refractivity (Wildman–Crippen MR) is 69.3 cm³/mol. The quantitative estimate of drug-likeness (QED) is 0.862. The van der Waals surface area contributed by atoms with Crippen LogP contribution in [-0.2, 0) is 10.0 Å². The van der Waals surface area contributed by atoms with E-state index < -0.39 is 10.0 Å². The summed E-state index contributed by atoms with van der Waals surface area (Å²) in [6.45, 7) is 3.14. The zero-order valence-electron chi connectivity index (χ0n) is 9.54. The molecule has 5 nitrogen and oxygen atoms in total. The fraction of sp³-hybridized carbons (Fsp3) is 0.500. The van der Waals surface area contributed by atoms with Crippen LogP contribution in [0.15, 0.2) is 23.2 Å². The fourth-order valence-electron chi connectivity index (χ4n) is 1.74. The minimum absolute atomic E-state index is 0.226. The number of nitrogens with zero attached hydrogens (tertiary/aromatic N) is 2. The molecule has 1 unspecified atom stereocenters. The van der Waals surface area contributed by atoms with Crippen LogP contribution in [0.5, 0.6) is 0 Å². The molecule has 7 heteroatoms. The molecule has 1 saturated heterocycles. The van der Waals surface area contributed by atoms with Gasteiger partial charge in [-0.3, -0.25) is 0 Å². The highest BCUT2D eigenvalue weighted by atomic mass is 32.2. The molecule has 0 radical (unpaired) electrons. The molecule has 0 bridgehead atoms. The van der Waals surface area contributed by atoms with Gasteiger partial charge >= 0.3 is 0 Å². The van der Waals surface area contributed by atoms with Gasteiger partial charge in [-0.2, -0.15) is 16.1 Å². The maximum Gasteiger partial charge on any atom is 0.243 e. The highest BCUT2D eigenvalue weighted by Gasteiger charge is 2.28. The highest BCUT2D eigenvalue weighted by Crippen LogP contribution is 2.24. The zero-order chi connectivity index (χ0) is 12.5. The summed E-state index contributed by atoms with van der Waals surface area (Å²) in [5.74, 6) is 1.06. The monoisotopic (exact) mass is 273 g/mol. The van der Waals surface area contributed by atoms with Crippen molar-refractivity contribution in [2.45, 2.75) is 17.1 Å². The first-order valence-corrected chi connectivity index (χ1v) is 7.82. The number of nitrogens with two attached hydrogens (primary N) is 1. The van der Waals surface area contributed by atoms with Crippen LogP contribution in [0.2, 0.25) is 0 Å². The van der Waals surface area contributed by atoms with E-state index in [0.717, 1.165) is 5.75 Å². The van der Waals surface area contributed by atoms with E-state index in [-0.39, 0.29) is 10.7 Å². The molecule has 2 heterocycles. The van der Waals surface area contributed by atoms with Gasteiger partial charge in [0.2, 0.25) is 10.0 Å². The van der Waals surface area contributed by atoms with Gasteiger partial charge in [-0.25, -0.2) is 13.4 Å². The van der Waals surface area contributed by atoms with Crippen LogP contribution >= 0.6 is 11.8 Å². The fourth-order valence-corrected chi connectivity index (χ4v) is 4.52. The number of pyridine rings is 1. The second-order valence-electron chi connectivity index (χ2n) is 3.96. The van der Waals surface area contributed by atoms with Crippen molar-refractivity contribution < 1.29 is 8.42 Å². The summed E-state index contributed by atoms with van der Waals surface area (Å²) >= 11 is 1.79. The lowest BCUT2D eigenvalue weighted by atomic mass is 10.4. The van der Waals surface area contributed by atoms with Crippen LogP contribution < -0.4 is 5.73 Å². The smallest absolute Gasteiger partial charge is 0.243 e. The Kier molecular flexibility index (Phi) is 3.60. The van der Waals surface area contributed by atoms with E-state index in [2.05, 4.69) is 4.98 Å². The number of nitrogen functional groups attached to an aromatic ring is 1. The van der Waals surface area contributed by atoms with Crippen molar-refractivity contribution >= 4 is 27.6 Å². The van der Waals surface area contributed by atoms with Crippen LogP contribution in [0.25, 0.3) is 0 Å². The summed E-state index contributed by atoms with van der Waals surface area (Å²) in [7, 11) is -3.42. The summed E-state index contributed by atoms with van der Waals surface area (Å²) in [5.41, 5.74) is 5.51. The minimum Gasteiger partial charge on any atom is -0.384 e. The number of thioether (sulfide) groups is 1. The van der Waals surface area contributed by atoms with Crippen molar-refractivity contribution in [2.75, 3.05) is 24.6 Å². The van der Waals surface area contributed by atoms with E-state index in [4.69, 9.17) is 5.73 Å². The molecule has 1 atom stereocenters. The number of aromatic nitrogens is 1. The zero-order valence-corrected chi connectivity index (χ0v) is 11.2. The van der Waals surface area contributed by atoms with Gasteiger partial charge in [-0.05, 0) is 6.07 Å². The van der Waals surface area contributed by atoms with Crippen LogP contribution in [0.1, 0.15) is 6.92 Å². The van der Waals surface area contributed by atoms with Crippen molar-refractivity contribution in [3.8, 4) is 0 Å². The van der Waals surface area contributed by atoms with Crippen molar-refractivity contribution in [1.29, 1.82) is 0 Å². The number of sulfonamides is 1.